The van der Waals surface area contributed by atoms with E-state index >= 15 is 0 Å². The molecule has 0 spiro atoms. The maximum atomic E-state index is 4.19. The van der Waals surface area contributed by atoms with Crippen LogP contribution in [0, 0.1) is 35.5 Å². The molecule has 0 heterocycles. The van der Waals surface area contributed by atoms with Gasteiger partial charge in [0, 0.05) is 44.0 Å². The molecule has 0 radical (unpaired) electrons. The summed E-state index contributed by atoms with van der Waals surface area (Å²) < 4.78 is 0. The molecule has 0 aliphatic carbocycles. The predicted octanol–water partition coefficient (Wildman–Crippen LogP) is 17.9. The van der Waals surface area contributed by atoms with E-state index in [1.807, 2.05) is 69.2 Å². The summed E-state index contributed by atoms with van der Waals surface area (Å²) in [6.45, 7) is 83.3. The molecule has 0 fully saturated rings. The summed E-state index contributed by atoms with van der Waals surface area (Å²) in [6, 6.07) is 2.46. The van der Waals surface area contributed by atoms with Crippen molar-refractivity contribution in [2.75, 3.05) is 14.1 Å². The van der Waals surface area contributed by atoms with Crippen LogP contribution in [0.1, 0.15) is 208 Å². The van der Waals surface area contributed by atoms with Crippen LogP contribution in [0.25, 0.3) is 0 Å². The van der Waals surface area contributed by atoms with Gasteiger partial charge >= 0.3 is 0 Å². The summed E-state index contributed by atoms with van der Waals surface area (Å²) >= 11 is 0. The number of hydrogen-bond donors (Lipinski definition) is 0. The highest BCUT2D eigenvalue weighted by Crippen LogP contribution is 2.27. The van der Waals surface area contributed by atoms with Gasteiger partial charge in [-0.1, -0.05) is 136 Å². The Morgan fingerprint density at radius 3 is 0.600 bits per heavy atom. The topological polar surface area (TPSA) is 40.3 Å². The molecular weight excluding hydrogens is 669 g/mol. The first-order valence-electron chi connectivity index (χ1n) is 22.0. The molecule has 0 amide bonds. The molecule has 0 rings (SSSR count). The van der Waals surface area contributed by atoms with E-state index in [2.05, 4.69) is 198 Å². The van der Waals surface area contributed by atoms with Gasteiger partial charge in [-0.25, -0.2) is 0 Å². The van der Waals surface area contributed by atoms with Crippen LogP contribution >= 0.6 is 0 Å². The monoisotopic (exact) mass is 787 g/mol. The molecule has 0 aliphatic rings. The zero-order valence-electron chi connectivity index (χ0n) is 45.3. The van der Waals surface area contributed by atoms with Crippen LogP contribution in [0.5, 0.6) is 0 Å². The van der Waals surface area contributed by atoms with Gasteiger partial charge in [0.05, 0.1) is 0 Å². The highest BCUT2D eigenvalue weighted by Gasteiger charge is 2.20. The normalized spacial score (nSPS) is 8.78. The van der Waals surface area contributed by atoms with Gasteiger partial charge in [-0.2, -0.15) is 0 Å². The summed E-state index contributed by atoms with van der Waals surface area (Å²) in [4.78, 5) is 13.2. The Hall–Kier alpha value is -1.81. The lowest BCUT2D eigenvalue weighted by atomic mass is 9.78. The second-order valence-corrected chi connectivity index (χ2v) is 14.6. The van der Waals surface area contributed by atoms with Crippen LogP contribution in [0.15, 0.2) is 52.4 Å². The molecule has 4 heteroatoms. The van der Waals surface area contributed by atoms with Crippen LogP contribution in [0.3, 0.4) is 0 Å². The molecule has 0 atom stereocenters. The lowest BCUT2D eigenvalue weighted by Crippen LogP contribution is -2.42. The van der Waals surface area contributed by atoms with Gasteiger partial charge in [0.25, 0.3) is 0 Å². The Kier molecular flexibility index (Phi) is 114. The Labute approximate surface area is 356 Å². The number of hydrogen-bond acceptors (Lipinski definition) is 4. The molecule has 4 nitrogen and oxygen atoms in total. The minimum atomic E-state index is 0.463. The van der Waals surface area contributed by atoms with E-state index in [4.69, 9.17) is 0 Å². The average molecular weight is 788 g/mol. The lowest BCUT2D eigenvalue weighted by Gasteiger charge is -2.34. The molecule has 55 heavy (non-hydrogen) atoms. The Morgan fingerprint density at radius 1 is 0.418 bits per heavy atom. The fourth-order valence-corrected chi connectivity index (χ4v) is 6.44. The molecule has 0 unspecified atom stereocenters. The molecule has 342 valence electrons. The third kappa shape index (κ3) is 90.1. The van der Waals surface area contributed by atoms with Crippen molar-refractivity contribution >= 4 is 19.1 Å². The molecule has 0 saturated heterocycles. The zero-order chi connectivity index (χ0) is 48.2. The molecule has 0 aliphatic heterocycles. The molecule has 0 saturated carbocycles. The fourth-order valence-electron chi connectivity index (χ4n) is 6.44. The maximum Gasteiger partial charge on any atom is 0.0442 e. The van der Waals surface area contributed by atoms with Crippen molar-refractivity contribution in [2.45, 2.75) is 232 Å². The van der Waals surface area contributed by atoms with Crippen molar-refractivity contribution in [1.82, 2.24) is 4.90 Å². The SMILES string of the molecule is C=C.C=C.C=NC.C=NC.CC.CC.CC.CC.CC(C)=C(C(C)C)C(C)C.CC(C)=NC(C)C.CC(C)C(C(C)C)C(C)C.CC(C)N(C(C)C)C(C)C. The zero-order valence-corrected chi connectivity index (χ0v) is 45.3. The van der Waals surface area contributed by atoms with Crippen LogP contribution in [0.4, 0.5) is 0 Å². The Bertz CT molecular complexity index is 605. The van der Waals surface area contributed by atoms with Crippen molar-refractivity contribution in [2.24, 2.45) is 50.5 Å². The van der Waals surface area contributed by atoms with Gasteiger partial charge in [0.1, 0.15) is 0 Å². The Morgan fingerprint density at radius 2 is 0.600 bits per heavy atom. The molecular formula is C51H118N4. The highest BCUT2D eigenvalue weighted by atomic mass is 15.2. The standard InChI is InChI=1S/C10H22.C10H20.C9H21N.C6H13N.2C2H5N.4C2H6.2C2H4/c3*1-7(2)10(8(3)4)9(5)6;1-5(2)7-6(3)4;2*1-3-2;6*1-2/h7-10H,1-6H3;7-8H,1-6H3;7-9H,1-6H3;5H,1-4H3;2*1H2,2H3;4*1-2H3;2*1-2H2. The van der Waals surface area contributed by atoms with E-state index in [9.17, 15) is 0 Å². The van der Waals surface area contributed by atoms with Crippen LogP contribution in [-0.4, -0.2) is 62.3 Å². The molecule has 0 bridgehead atoms. The molecule has 0 aromatic rings. The van der Waals surface area contributed by atoms with Crippen molar-refractivity contribution in [1.29, 1.82) is 0 Å². The number of allylic oxidation sites excluding steroid dienone is 2. The summed E-state index contributed by atoms with van der Waals surface area (Å²) in [7, 11) is 3.28. The van der Waals surface area contributed by atoms with Crippen molar-refractivity contribution in [3.63, 3.8) is 0 Å². The van der Waals surface area contributed by atoms with Gasteiger partial charge < -0.3 is 9.98 Å². The van der Waals surface area contributed by atoms with E-state index in [1.165, 1.54) is 5.57 Å². The number of aliphatic imine (C=N–C) groups is 3. The van der Waals surface area contributed by atoms with Gasteiger partial charge in [0.15, 0.2) is 0 Å². The summed E-state index contributed by atoms with van der Waals surface area (Å²) in [6.07, 6.45) is 0. The summed E-state index contributed by atoms with van der Waals surface area (Å²) in [5, 5.41) is 0. The van der Waals surface area contributed by atoms with Gasteiger partial charge in [-0.3, -0.25) is 9.89 Å². The summed E-state index contributed by atoms with van der Waals surface area (Å²) in [5.41, 5.74) is 4.26. The van der Waals surface area contributed by atoms with Gasteiger partial charge in [-0.05, 0) is 132 Å². The second-order valence-electron chi connectivity index (χ2n) is 14.6. The third-order valence-corrected chi connectivity index (χ3v) is 6.44. The van der Waals surface area contributed by atoms with Crippen LogP contribution in [-0.2, 0) is 0 Å². The second kappa shape index (κ2) is 73.3. The molecule has 0 aromatic carbocycles. The quantitative estimate of drug-likeness (QED) is 0.169. The van der Waals surface area contributed by atoms with Gasteiger partial charge in [-0.15, -0.1) is 26.3 Å². The number of rotatable bonds is 9. The first-order chi connectivity index (χ1) is 25.3. The van der Waals surface area contributed by atoms with E-state index in [1.54, 1.807) is 19.7 Å². The summed E-state index contributed by atoms with van der Waals surface area (Å²) in [5.74, 6) is 4.81. The van der Waals surface area contributed by atoms with Crippen LogP contribution < -0.4 is 0 Å². The van der Waals surface area contributed by atoms with Gasteiger partial charge in [0.2, 0.25) is 0 Å². The Balaban J connectivity index is -0.0000000394. The lowest BCUT2D eigenvalue weighted by molar-refractivity contribution is 0.133. The fraction of sp³-hybridized carbons (Fsp3) is 0.824. The smallest absolute Gasteiger partial charge is 0.0442 e. The minimum Gasteiger partial charge on any atom is -0.304 e. The first-order valence-corrected chi connectivity index (χ1v) is 22.0. The average Bonchev–Trinajstić information content (AvgIpc) is 3.06. The van der Waals surface area contributed by atoms with Crippen molar-refractivity contribution in [3.8, 4) is 0 Å². The number of nitrogens with zero attached hydrogens (tertiary/aromatic N) is 4. The van der Waals surface area contributed by atoms with Crippen molar-refractivity contribution in [3.05, 3.63) is 37.5 Å². The molecule has 0 N–H and O–H groups in total. The first kappa shape index (κ1) is 85.4. The largest absolute Gasteiger partial charge is 0.304 e. The van der Waals surface area contributed by atoms with E-state index in [0.29, 0.717) is 36.0 Å². The maximum absolute atomic E-state index is 4.19. The van der Waals surface area contributed by atoms with Crippen molar-refractivity contribution < 1.29 is 0 Å². The third-order valence-electron chi connectivity index (χ3n) is 6.44. The highest BCUT2D eigenvalue weighted by molar-refractivity contribution is 5.79. The van der Waals surface area contributed by atoms with E-state index < -0.39 is 0 Å². The van der Waals surface area contributed by atoms with E-state index in [0.717, 1.165) is 29.4 Å². The minimum absolute atomic E-state index is 0.463. The predicted molar refractivity (Wildman–Crippen MR) is 276 cm³/mol. The van der Waals surface area contributed by atoms with Crippen LogP contribution in [0.2, 0.25) is 0 Å². The van der Waals surface area contributed by atoms with E-state index in [-0.39, 0.29) is 0 Å². The molecule has 0 aromatic heterocycles.